The molecular weight excluding hydrogens is 407 g/mol. The van der Waals surface area contributed by atoms with Crippen LogP contribution in [0.3, 0.4) is 0 Å². The van der Waals surface area contributed by atoms with Crippen LogP contribution in [0.4, 0.5) is 13.2 Å². The number of carbonyl (C=O) groups is 1. The second kappa shape index (κ2) is 10.3. The first kappa shape index (κ1) is 22.0. The number of benzene rings is 3. The molecule has 0 saturated heterocycles. The van der Waals surface area contributed by atoms with E-state index in [2.05, 4.69) is 12.6 Å². The number of hydrogen-bond donors (Lipinski definition) is 1. The van der Waals surface area contributed by atoms with Crippen LogP contribution >= 0.6 is 12.6 Å². The Balaban J connectivity index is 1.83. The molecule has 3 rings (SSSR count). The summed E-state index contributed by atoms with van der Waals surface area (Å²) in [6, 6.07) is 17.2. The maximum Gasteiger partial charge on any atom is 0.210 e. The second-order valence-electron chi connectivity index (χ2n) is 7.10. The molecule has 1 atom stereocenters. The van der Waals surface area contributed by atoms with Crippen LogP contribution in [-0.4, -0.2) is 23.7 Å². The lowest BCUT2D eigenvalue weighted by Gasteiger charge is -2.24. The van der Waals surface area contributed by atoms with Crippen molar-refractivity contribution in [3.8, 4) is 11.1 Å². The maximum absolute atomic E-state index is 14.1. The molecule has 0 aliphatic heterocycles. The van der Waals surface area contributed by atoms with Gasteiger partial charge in [-0.15, -0.1) is 0 Å². The number of carbonyl (C=O) groups excluding carboxylic acids is 1. The van der Waals surface area contributed by atoms with Crippen LogP contribution < -0.4 is 0 Å². The molecule has 0 aliphatic rings. The molecule has 0 spiro atoms. The van der Waals surface area contributed by atoms with Gasteiger partial charge in [-0.3, -0.25) is 4.79 Å². The average molecular weight is 430 g/mol. The number of aryl methyl sites for hydroxylation is 1. The van der Waals surface area contributed by atoms with Crippen molar-refractivity contribution in [3.05, 3.63) is 95.3 Å². The third kappa shape index (κ3) is 5.45. The summed E-state index contributed by atoms with van der Waals surface area (Å²) in [7, 11) is 0. The third-order valence-corrected chi connectivity index (χ3v) is 5.48. The molecule has 0 heterocycles. The van der Waals surface area contributed by atoms with Gasteiger partial charge in [0.2, 0.25) is 6.41 Å². The van der Waals surface area contributed by atoms with Gasteiger partial charge in [0, 0.05) is 12.5 Å². The summed E-state index contributed by atoms with van der Waals surface area (Å²) in [6.45, 7) is 0.460. The van der Waals surface area contributed by atoms with Crippen LogP contribution in [0, 0.1) is 17.5 Å². The van der Waals surface area contributed by atoms with Gasteiger partial charge in [0.15, 0.2) is 0 Å². The van der Waals surface area contributed by atoms with Crippen molar-refractivity contribution < 1.29 is 18.0 Å². The fraction of sp³-hybridized carbons (Fsp3) is 0.208. The summed E-state index contributed by atoms with van der Waals surface area (Å²) in [4.78, 5) is 12.8. The maximum atomic E-state index is 14.1. The summed E-state index contributed by atoms with van der Waals surface area (Å²) in [5, 5.41) is 0. The largest absolute Gasteiger partial charge is 0.336 e. The van der Waals surface area contributed by atoms with E-state index in [4.69, 9.17) is 0 Å². The van der Waals surface area contributed by atoms with E-state index >= 15 is 0 Å². The van der Waals surface area contributed by atoms with Crippen LogP contribution in [0.1, 0.15) is 23.5 Å². The lowest BCUT2D eigenvalue weighted by atomic mass is 9.90. The van der Waals surface area contributed by atoms with E-state index in [-0.39, 0.29) is 23.2 Å². The summed E-state index contributed by atoms with van der Waals surface area (Å²) < 4.78 is 41.3. The standard InChI is InChI=1S/C24H22F3NOS/c25-21-12-5-17(6-13-21)4-7-20(14-28(15-29)16-30)18-8-10-19(11-9-18)24-22(26)2-1-3-23(24)27/h1-3,5-6,8-13,15,20,30H,4,7,14,16H2. The predicted molar refractivity (Wildman–Crippen MR) is 116 cm³/mol. The molecule has 0 aromatic heterocycles. The first-order valence-electron chi connectivity index (χ1n) is 9.61. The van der Waals surface area contributed by atoms with Gasteiger partial charge in [-0.2, -0.15) is 12.6 Å². The van der Waals surface area contributed by atoms with Crippen LogP contribution in [0.2, 0.25) is 0 Å². The van der Waals surface area contributed by atoms with Crippen molar-refractivity contribution in [2.24, 2.45) is 0 Å². The Morgan fingerprint density at radius 1 is 0.900 bits per heavy atom. The van der Waals surface area contributed by atoms with Gasteiger partial charge >= 0.3 is 0 Å². The number of hydrogen-bond acceptors (Lipinski definition) is 2. The van der Waals surface area contributed by atoms with Gasteiger partial charge in [0.25, 0.3) is 0 Å². The highest BCUT2D eigenvalue weighted by Crippen LogP contribution is 2.29. The Hall–Kier alpha value is -2.73. The minimum absolute atomic E-state index is 0.00748. The normalized spacial score (nSPS) is 11.9. The molecule has 0 bridgehead atoms. The molecule has 3 aromatic carbocycles. The zero-order valence-corrected chi connectivity index (χ0v) is 17.2. The highest BCUT2D eigenvalue weighted by molar-refractivity contribution is 7.80. The lowest BCUT2D eigenvalue weighted by molar-refractivity contribution is -0.117. The van der Waals surface area contributed by atoms with Crippen molar-refractivity contribution in [3.63, 3.8) is 0 Å². The summed E-state index contributed by atoms with van der Waals surface area (Å²) >= 11 is 4.19. The van der Waals surface area contributed by atoms with E-state index in [9.17, 15) is 18.0 Å². The van der Waals surface area contributed by atoms with Gasteiger partial charge in [-0.05, 0) is 53.8 Å². The SMILES string of the molecule is O=CN(CS)CC(CCc1ccc(F)cc1)c1ccc(-c2c(F)cccc2F)cc1. The fourth-order valence-corrected chi connectivity index (χ4v) is 3.65. The predicted octanol–water partition coefficient (Wildman–Crippen LogP) is 5.83. The van der Waals surface area contributed by atoms with E-state index in [1.807, 2.05) is 12.1 Å². The lowest BCUT2D eigenvalue weighted by Crippen LogP contribution is -2.26. The number of nitrogens with zero attached hydrogens (tertiary/aromatic N) is 1. The molecule has 6 heteroatoms. The number of rotatable bonds is 9. The molecule has 2 nitrogen and oxygen atoms in total. The molecule has 0 radical (unpaired) electrons. The zero-order chi connectivity index (χ0) is 21.5. The molecule has 0 saturated carbocycles. The van der Waals surface area contributed by atoms with E-state index in [1.165, 1.54) is 30.3 Å². The Labute approximate surface area is 179 Å². The summed E-state index contributed by atoms with van der Waals surface area (Å²) in [5.41, 5.74) is 2.34. The molecule has 1 unspecified atom stereocenters. The first-order chi connectivity index (χ1) is 14.5. The molecular formula is C24H22F3NOS. The minimum atomic E-state index is -0.613. The van der Waals surface area contributed by atoms with Crippen LogP contribution in [0.15, 0.2) is 66.7 Å². The molecule has 0 aliphatic carbocycles. The second-order valence-corrected chi connectivity index (χ2v) is 7.38. The number of halogens is 3. The van der Waals surface area contributed by atoms with Crippen molar-refractivity contribution in [1.29, 1.82) is 0 Å². The van der Waals surface area contributed by atoms with Gasteiger partial charge in [0.1, 0.15) is 17.5 Å². The first-order valence-corrected chi connectivity index (χ1v) is 10.2. The van der Waals surface area contributed by atoms with Crippen LogP contribution in [0.25, 0.3) is 11.1 Å². The topological polar surface area (TPSA) is 20.3 Å². The van der Waals surface area contributed by atoms with Crippen LogP contribution in [0.5, 0.6) is 0 Å². The van der Waals surface area contributed by atoms with Gasteiger partial charge < -0.3 is 4.90 Å². The molecule has 3 aromatic rings. The number of amides is 1. The molecule has 0 N–H and O–H groups in total. The van der Waals surface area contributed by atoms with E-state index in [0.717, 1.165) is 24.0 Å². The Bertz CT molecular complexity index is 956. The van der Waals surface area contributed by atoms with E-state index < -0.39 is 11.6 Å². The van der Waals surface area contributed by atoms with Crippen molar-refractivity contribution in [2.45, 2.75) is 18.8 Å². The average Bonchev–Trinajstić information content (AvgIpc) is 2.76. The van der Waals surface area contributed by atoms with Crippen molar-refractivity contribution in [2.75, 3.05) is 12.4 Å². The smallest absolute Gasteiger partial charge is 0.210 e. The quantitative estimate of drug-likeness (QED) is 0.258. The Morgan fingerprint density at radius 2 is 1.53 bits per heavy atom. The molecule has 156 valence electrons. The van der Waals surface area contributed by atoms with Gasteiger partial charge in [-0.1, -0.05) is 42.5 Å². The van der Waals surface area contributed by atoms with E-state index in [0.29, 0.717) is 18.5 Å². The Kier molecular flexibility index (Phi) is 7.57. The highest BCUT2D eigenvalue weighted by Gasteiger charge is 2.17. The molecule has 1 amide bonds. The third-order valence-electron chi connectivity index (χ3n) is 5.11. The number of thiol groups is 1. The zero-order valence-electron chi connectivity index (χ0n) is 16.3. The van der Waals surface area contributed by atoms with Gasteiger partial charge in [-0.25, -0.2) is 13.2 Å². The molecule has 0 fully saturated rings. The summed E-state index contributed by atoms with van der Waals surface area (Å²) in [5.74, 6) is -1.23. The van der Waals surface area contributed by atoms with Gasteiger partial charge in [0.05, 0.1) is 11.4 Å². The van der Waals surface area contributed by atoms with Crippen molar-refractivity contribution >= 4 is 19.0 Å². The monoisotopic (exact) mass is 429 g/mol. The Morgan fingerprint density at radius 3 is 2.10 bits per heavy atom. The van der Waals surface area contributed by atoms with Crippen molar-refractivity contribution in [1.82, 2.24) is 4.90 Å². The van der Waals surface area contributed by atoms with E-state index in [1.54, 1.807) is 29.2 Å². The highest BCUT2D eigenvalue weighted by atomic mass is 32.1. The summed E-state index contributed by atoms with van der Waals surface area (Å²) in [6.07, 6.45) is 2.17. The fourth-order valence-electron chi connectivity index (χ4n) is 3.47. The van der Waals surface area contributed by atoms with Crippen LogP contribution in [-0.2, 0) is 11.2 Å². The molecule has 30 heavy (non-hydrogen) atoms. The minimum Gasteiger partial charge on any atom is -0.336 e.